The maximum Gasteiger partial charge on any atom is 0.0713 e. The third-order valence-electron chi connectivity index (χ3n) is 9.60. The zero-order chi connectivity index (χ0) is 29.0. The Morgan fingerprint density at radius 2 is 0.902 bits per heavy atom. The first-order valence-corrected chi connectivity index (χ1v) is 16.3. The van der Waals surface area contributed by atoms with Crippen molar-refractivity contribution in [3.8, 4) is 11.1 Å². The molecule has 214 valence electrons. The second kappa shape index (κ2) is 12.8. The van der Waals surface area contributed by atoms with Gasteiger partial charge in [0.25, 0.3) is 0 Å². The molecule has 0 spiro atoms. The van der Waals surface area contributed by atoms with Crippen LogP contribution < -0.4 is 0 Å². The predicted octanol–water partition coefficient (Wildman–Crippen LogP) is 11.5. The number of fused-ring (bicyclic) bond motifs is 3. The van der Waals surface area contributed by atoms with Gasteiger partial charge in [0.15, 0.2) is 0 Å². The van der Waals surface area contributed by atoms with Gasteiger partial charge >= 0.3 is 0 Å². The van der Waals surface area contributed by atoms with Gasteiger partial charge in [0.2, 0.25) is 0 Å². The molecule has 4 aromatic carbocycles. The summed E-state index contributed by atoms with van der Waals surface area (Å²) in [6.45, 7) is 13.7. The fraction of sp³-hybridized carbons (Fsp3) is 0.415. The van der Waals surface area contributed by atoms with Crippen LogP contribution in [0.15, 0.2) is 72.8 Å². The van der Waals surface area contributed by atoms with Crippen LogP contribution in [0.1, 0.15) is 121 Å². The average molecular weight is 543 g/mol. The van der Waals surface area contributed by atoms with Crippen LogP contribution >= 0.6 is 0 Å². The summed E-state index contributed by atoms with van der Waals surface area (Å²) in [5.41, 5.74) is 16.6. The van der Waals surface area contributed by atoms with Crippen molar-refractivity contribution in [2.45, 2.75) is 111 Å². The van der Waals surface area contributed by atoms with Crippen molar-refractivity contribution in [2.24, 2.45) is 0 Å². The highest BCUT2D eigenvalue weighted by Gasteiger charge is 2.46. The Bertz CT molecular complexity index is 1390. The molecule has 41 heavy (non-hydrogen) atoms. The van der Waals surface area contributed by atoms with E-state index in [4.69, 9.17) is 0 Å². The number of hydrogen-bond acceptors (Lipinski definition) is 0. The molecular weight excluding hydrogens is 492 g/mol. The summed E-state index contributed by atoms with van der Waals surface area (Å²) >= 11 is 0. The number of hydrogen-bond donors (Lipinski definition) is 0. The summed E-state index contributed by atoms with van der Waals surface area (Å²) in [5.74, 6) is 0. The Morgan fingerprint density at radius 3 is 1.29 bits per heavy atom. The maximum atomic E-state index is 2.52. The minimum Gasteiger partial charge on any atom is -0.0654 e. The summed E-state index contributed by atoms with van der Waals surface area (Å²) in [6, 6.07) is 29.1. The number of aryl methyl sites for hydroxylation is 6. The lowest BCUT2D eigenvalue weighted by molar-refractivity contribution is 0.664. The van der Waals surface area contributed by atoms with Crippen LogP contribution in [0.5, 0.6) is 0 Å². The van der Waals surface area contributed by atoms with Crippen molar-refractivity contribution >= 4 is 0 Å². The SMILES string of the molecule is CCCCCCc1ccc(C2(c3ccc(CCCCCC)c(C)c3)c3cc(C)ccc3-c3ccc(C)cc32)cc1C. The Kier molecular flexibility index (Phi) is 9.18. The van der Waals surface area contributed by atoms with E-state index in [2.05, 4.69) is 114 Å². The van der Waals surface area contributed by atoms with Crippen molar-refractivity contribution in [2.75, 3.05) is 0 Å². The van der Waals surface area contributed by atoms with Crippen LogP contribution in [0.3, 0.4) is 0 Å². The second-order valence-corrected chi connectivity index (χ2v) is 12.8. The number of rotatable bonds is 12. The van der Waals surface area contributed by atoms with Crippen molar-refractivity contribution in [3.63, 3.8) is 0 Å². The fourth-order valence-electron chi connectivity index (χ4n) is 7.24. The normalized spacial score (nSPS) is 13.3. The van der Waals surface area contributed by atoms with Crippen molar-refractivity contribution < 1.29 is 0 Å². The Balaban J connectivity index is 1.69. The first kappa shape index (κ1) is 29.4. The molecule has 1 aliphatic rings. The Labute approximate surface area is 250 Å². The number of benzene rings is 4. The van der Waals surface area contributed by atoms with Gasteiger partial charge in [0.05, 0.1) is 5.41 Å². The van der Waals surface area contributed by atoms with Crippen LogP contribution in [0.4, 0.5) is 0 Å². The lowest BCUT2D eigenvalue weighted by atomic mass is 9.66. The summed E-state index contributed by atoms with van der Waals surface area (Å²) in [6.07, 6.45) is 12.8. The molecule has 0 nitrogen and oxygen atoms in total. The van der Waals surface area contributed by atoms with E-state index in [1.807, 2.05) is 0 Å². The molecule has 0 fully saturated rings. The molecule has 1 aliphatic carbocycles. The van der Waals surface area contributed by atoms with E-state index in [9.17, 15) is 0 Å². The van der Waals surface area contributed by atoms with Crippen LogP contribution in [0.25, 0.3) is 11.1 Å². The zero-order valence-corrected chi connectivity index (χ0v) is 26.5. The molecule has 0 saturated carbocycles. The number of unbranched alkanes of at least 4 members (excludes halogenated alkanes) is 6. The van der Waals surface area contributed by atoms with Crippen LogP contribution in [0, 0.1) is 27.7 Å². The molecule has 0 N–H and O–H groups in total. The standard InChI is InChI=1S/C41H50/c1-7-9-11-13-15-33-19-21-35(27-31(33)5)41(36-22-20-34(32(6)28-36)16-14-12-10-8-2)39-25-29(3)17-23-37(39)38-24-18-30(4)26-40(38)41/h17-28H,7-16H2,1-6H3. The molecule has 0 aromatic heterocycles. The van der Waals surface area contributed by atoms with Gasteiger partial charge in [-0.1, -0.05) is 136 Å². The molecule has 5 rings (SSSR count). The summed E-state index contributed by atoms with van der Waals surface area (Å²) in [7, 11) is 0. The quantitative estimate of drug-likeness (QED) is 0.138. The van der Waals surface area contributed by atoms with Crippen LogP contribution in [0.2, 0.25) is 0 Å². The fourth-order valence-corrected chi connectivity index (χ4v) is 7.24. The molecule has 0 aliphatic heterocycles. The molecule has 4 aromatic rings. The largest absolute Gasteiger partial charge is 0.0713 e. The lowest BCUT2D eigenvalue weighted by Gasteiger charge is -2.35. The molecule has 0 amide bonds. The van der Waals surface area contributed by atoms with E-state index in [1.165, 1.54) is 131 Å². The minimum atomic E-state index is -0.320. The average Bonchev–Trinajstić information content (AvgIpc) is 3.24. The van der Waals surface area contributed by atoms with Gasteiger partial charge in [-0.15, -0.1) is 0 Å². The summed E-state index contributed by atoms with van der Waals surface area (Å²) < 4.78 is 0. The van der Waals surface area contributed by atoms with Gasteiger partial charge < -0.3 is 0 Å². The van der Waals surface area contributed by atoms with Gasteiger partial charge in [0.1, 0.15) is 0 Å². The molecule has 0 atom stereocenters. The molecule has 0 saturated heterocycles. The van der Waals surface area contributed by atoms with E-state index in [1.54, 1.807) is 0 Å². The van der Waals surface area contributed by atoms with E-state index in [-0.39, 0.29) is 5.41 Å². The van der Waals surface area contributed by atoms with Gasteiger partial charge in [-0.2, -0.15) is 0 Å². The Hall–Kier alpha value is -3.12. The van der Waals surface area contributed by atoms with Gasteiger partial charge in [-0.25, -0.2) is 0 Å². The zero-order valence-electron chi connectivity index (χ0n) is 26.5. The smallest absolute Gasteiger partial charge is 0.0654 e. The first-order valence-electron chi connectivity index (χ1n) is 16.3. The highest BCUT2D eigenvalue weighted by atomic mass is 14.5. The third-order valence-corrected chi connectivity index (χ3v) is 9.60. The van der Waals surface area contributed by atoms with Gasteiger partial charge in [-0.05, 0) is 109 Å². The van der Waals surface area contributed by atoms with Crippen molar-refractivity contribution in [1.82, 2.24) is 0 Å². The summed E-state index contributed by atoms with van der Waals surface area (Å²) in [5, 5.41) is 0. The Morgan fingerprint density at radius 1 is 0.463 bits per heavy atom. The molecular formula is C41H50. The van der Waals surface area contributed by atoms with E-state index >= 15 is 0 Å². The predicted molar refractivity (Wildman–Crippen MR) is 178 cm³/mol. The highest BCUT2D eigenvalue weighted by Crippen LogP contribution is 2.56. The minimum absolute atomic E-state index is 0.320. The van der Waals surface area contributed by atoms with E-state index < -0.39 is 0 Å². The van der Waals surface area contributed by atoms with Gasteiger partial charge in [-0.3, -0.25) is 0 Å². The molecule has 0 bridgehead atoms. The van der Waals surface area contributed by atoms with Crippen LogP contribution in [-0.2, 0) is 18.3 Å². The molecule has 0 heterocycles. The third kappa shape index (κ3) is 5.68. The lowest BCUT2D eigenvalue weighted by Crippen LogP contribution is -2.29. The topological polar surface area (TPSA) is 0 Å². The molecule has 0 radical (unpaired) electrons. The highest BCUT2D eigenvalue weighted by molar-refractivity contribution is 5.87. The second-order valence-electron chi connectivity index (χ2n) is 12.8. The van der Waals surface area contributed by atoms with Crippen molar-refractivity contribution in [3.05, 3.63) is 128 Å². The molecule has 0 unspecified atom stereocenters. The first-order chi connectivity index (χ1) is 19.9. The monoisotopic (exact) mass is 542 g/mol. The van der Waals surface area contributed by atoms with E-state index in [0.29, 0.717) is 0 Å². The maximum absolute atomic E-state index is 2.52. The van der Waals surface area contributed by atoms with Crippen molar-refractivity contribution in [1.29, 1.82) is 0 Å². The summed E-state index contributed by atoms with van der Waals surface area (Å²) in [4.78, 5) is 0. The van der Waals surface area contributed by atoms with Gasteiger partial charge in [0, 0.05) is 0 Å². The van der Waals surface area contributed by atoms with E-state index in [0.717, 1.165) is 0 Å². The molecule has 0 heteroatoms. The van der Waals surface area contributed by atoms with Crippen LogP contribution in [-0.4, -0.2) is 0 Å².